The second-order valence-electron chi connectivity index (χ2n) is 3.42. The first-order valence-electron chi connectivity index (χ1n) is 5.73. The Morgan fingerprint density at radius 2 is 1.42 bits per heavy atom. The van der Waals surface area contributed by atoms with Crippen LogP contribution in [0.1, 0.15) is 13.8 Å². The Hall–Kier alpha value is -1.95. The Labute approximate surface area is 116 Å². The van der Waals surface area contributed by atoms with E-state index in [1.807, 2.05) is 0 Å². The van der Waals surface area contributed by atoms with Crippen molar-refractivity contribution >= 4 is 35.2 Å². The van der Waals surface area contributed by atoms with E-state index in [1.54, 1.807) is 19.9 Å². The number of carbonyl (C=O) groups is 2. The summed E-state index contributed by atoms with van der Waals surface area (Å²) in [5.41, 5.74) is 0.829. The normalized spacial score (nSPS) is 9.63. The van der Waals surface area contributed by atoms with Crippen molar-refractivity contribution < 1.29 is 19.1 Å². The van der Waals surface area contributed by atoms with E-state index >= 15 is 0 Å². The largest absolute Gasteiger partial charge is 0.450 e. The molecule has 0 saturated carbocycles. The lowest BCUT2D eigenvalue weighted by atomic mass is 10.3. The summed E-state index contributed by atoms with van der Waals surface area (Å²) in [4.78, 5) is 22.5. The molecular weight excluding hydrogens is 272 g/mol. The molecule has 0 atom stereocenters. The third-order valence-corrected chi connectivity index (χ3v) is 2.16. The Bertz CT molecular complexity index is 427. The van der Waals surface area contributed by atoms with E-state index < -0.39 is 12.2 Å². The molecule has 0 fully saturated rings. The number of ether oxygens (including phenoxy) is 2. The first-order chi connectivity index (χ1) is 9.05. The van der Waals surface area contributed by atoms with Crippen LogP contribution in [0.4, 0.5) is 21.0 Å². The van der Waals surface area contributed by atoms with Gasteiger partial charge < -0.3 is 9.47 Å². The zero-order valence-corrected chi connectivity index (χ0v) is 11.4. The Kier molecular flexibility index (Phi) is 5.95. The van der Waals surface area contributed by atoms with Gasteiger partial charge in [0.05, 0.1) is 13.2 Å². The highest BCUT2D eigenvalue weighted by molar-refractivity contribution is 6.31. The summed E-state index contributed by atoms with van der Waals surface area (Å²) in [5, 5.41) is 5.35. The standard InChI is InChI=1S/C12H15ClN2O4/c1-3-18-11(16)14-9-5-8(13)6-10(7-9)15-12(17)19-4-2/h5-7H,3-4H2,1-2H3,(H,14,16)(H,15,17). The van der Waals surface area contributed by atoms with Crippen LogP contribution in [0.15, 0.2) is 18.2 Å². The van der Waals surface area contributed by atoms with E-state index in [-0.39, 0.29) is 13.2 Å². The fraction of sp³-hybridized carbons (Fsp3) is 0.333. The van der Waals surface area contributed by atoms with Crippen LogP contribution < -0.4 is 10.6 Å². The van der Waals surface area contributed by atoms with Crippen molar-refractivity contribution in [3.05, 3.63) is 23.2 Å². The minimum Gasteiger partial charge on any atom is -0.450 e. The van der Waals surface area contributed by atoms with Crippen molar-refractivity contribution in [1.29, 1.82) is 0 Å². The predicted octanol–water partition coefficient (Wildman–Crippen LogP) is 3.48. The van der Waals surface area contributed by atoms with Gasteiger partial charge in [-0.05, 0) is 32.0 Å². The molecule has 0 heterocycles. The van der Waals surface area contributed by atoms with Crippen LogP contribution in [-0.2, 0) is 9.47 Å². The zero-order valence-electron chi connectivity index (χ0n) is 10.7. The van der Waals surface area contributed by atoms with Crippen molar-refractivity contribution in [3.63, 3.8) is 0 Å². The van der Waals surface area contributed by atoms with Crippen LogP contribution >= 0.6 is 11.6 Å². The second-order valence-corrected chi connectivity index (χ2v) is 3.86. The third kappa shape index (κ3) is 5.48. The van der Waals surface area contributed by atoms with Crippen LogP contribution in [0.25, 0.3) is 0 Å². The summed E-state index contributed by atoms with van der Waals surface area (Å²) in [7, 11) is 0. The lowest BCUT2D eigenvalue weighted by Gasteiger charge is -2.09. The third-order valence-electron chi connectivity index (χ3n) is 1.94. The van der Waals surface area contributed by atoms with Gasteiger partial charge >= 0.3 is 12.2 Å². The summed E-state index contributed by atoms with van der Waals surface area (Å²) in [6, 6.07) is 4.61. The summed E-state index contributed by atoms with van der Waals surface area (Å²) >= 11 is 5.89. The maximum atomic E-state index is 11.3. The summed E-state index contributed by atoms with van der Waals surface area (Å²) in [5.74, 6) is 0. The van der Waals surface area contributed by atoms with Crippen LogP contribution in [0, 0.1) is 0 Å². The topological polar surface area (TPSA) is 76.7 Å². The van der Waals surface area contributed by atoms with Crippen LogP contribution in [-0.4, -0.2) is 25.4 Å². The zero-order chi connectivity index (χ0) is 14.3. The molecule has 0 unspecified atom stereocenters. The van der Waals surface area contributed by atoms with Crippen LogP contribution in [0.2, 0.25) is 5.02 Å². The van der Waals surface area contributed by atoms with Gasteiger partial charge in [0, 0.05) is 16.4 Å². The number of rotatable bonds is 4. The molecule has 0 aliphatic heterocycles. The number of carbonyl (C=O) groups excluding carboxylic acids is 2. The average molecular weight is 287 g/mol. The molecule has 0 aromatic heterocycles. The van der Waals surface area contributed by atoms with Crippen molar-refractivity contribution in [2.45, 2.75) is 13.8 Å². The number of hydrogen-bond acceptors (Lipinski definition) is 4. The molecule has 0 aliphatic carbocycles. The molecule has 0 bridgehead atoms. The SMILES string of the molecule is CCOC(=O)Nc1cc(Cl)cc(NC(=O)OCC)c1. The highest BCUT2D eigenvalue weighted by Crippen LogP contribution is 2.23. The monoisotopic (exact) mass is 286 g/mol. The Morgan fingerprint density at radius 1 is 1.00 bits per heavy atom. The molecule has 2 amide bonds. The van der Waals surface area contributed by atoms with E-state index in [0.717, 1.165) is 0 Å². The fourth-order valence-electron chi connectivity index (χ4n) is 1.30. The van der Waals surface area contributed by atoms with Crippen LogP contribution in [0.5, 0.6) is 0 Å². The van der Waals surface area contributed by atoms with Gasteiger partial charge in [0.1, 0.15) is 0 Å². The Balaban J connectivity index is 2.76. The number of halogens is 1. The smallest absolute Gasteiger partial charge is 0.411 e. The second kappa shape index (κ2) is 7.48. The summed E-state index contributed by atoms with van der Waals surface area (Å²) < 4.78 is 9.48. The van der Waals surface area contributed by atoms with Gasteiger partial charge in [-0.2, -0.15) is 0 Å². The number of nitrogens with one attached hydrogen (secondary N) is 2. The molecule has 0 saturated heterocycles. The molecule has 0 radical (unpaired) electrons. The van der Waals surface area contributed by atoms with Gasteiger partial charge in [-0.25, -0.2) is 9.59 Å². The molecule has 7 heteroatoms. The van der Waals surface area contributed by atoms with Gasteiger partial charge in [0.25, 0.3) is 0 Å². The molecule has 0 aliphatic rings. The Morgan fingerprint density at radius 3 is 1.79 bits per heavy atom. The highest BCUT2D eigenvalue weighted by Gasteiger charge is 2.07. The van der Waals surface area contributed by atoms with Gasteiger partial charge in [-0.15, -0.1) is 0 Å². The minimum absolute atomic E-state index is 0.264. The molecule has 6 nitrogen and oxygen atoms in total. The van der Waals surface area contributed by atoms with E-state index in [2.05, 4.69) is 10.6 Å². The first kappa shape index (κ1) is 15.1. The number of anilines is 2. The molecule has 1 aromatic rings. The van der Waals surface area contributed by atoms with Crippen molar-refractivity contribution in [2.24, 2.45) is 0 Å². The van der Waals surface area contributed by atoms with E-state index in [9.17, 15) is 9.59 Å². The summed E-state index contributed by atoms with van der Waals surface area (Å²) in [6.45, 7) is 3.93. The van der Waals surface area contributed by atoms with Crippen molar-refractivity contribution in [2.75, 3.05) is 23.8 Å². The van der Waals surface area contributed by atoms with Gasteiger partial charge in [0.2, 0.25) is 0 Å². The predicted molar refractivity (Wildman–Crippen MR) is 72.7 cm³/mol. The molecule has 1 rings (SSSR count). The molecule has 0 spiro atoms. The molecular formula is C12H15ClN2O4. The first-order valence-corrected chi connectivity index (χ1v) is 6.11. The highest BCUT2D eigenvalue weighted by atomic mass is 35.5. The maximum absolute atomic E-state index is 11.3. The minimum atomic E-state index is -0.591. The number of hydrogen-bond donors (Lipinski definition) is 2. The average Bonchev–Trinajstić information content (AvgIpc) is 2.28. The molecule has 2 N–H and O–H groups in total. The lowest BCUT2D eigenvalue weighted by molar-refractivity contribution is 0.167. The maximum Gasteiger partial charge on any atom is 0.411 e. The molecule has 19 heavy (non-hydrogen) atoms. The van der Waals surface area contributed by atoms with Gasteiger partial charge in [-0.3, -0.25) is 10.6 Å². The lowest BCUT2D eigenvalue weighted by Crippen LogP contribution is -2.15. The number of benzene rings is 1. The van der Waals surface area contributed by atoms with E-state index in [4.69, 9.17) is 21.1 Å². The number of amides is 2. The van der Waals surface area contributed by atoms with E-state index in [0.29, 0.717) is 16.4 Å². The quantitative estimate of drug-likeness (QED) is 0.888. The fourth-order valence-corrected chi connectivity index (χ4v) is 1.54. The summed E-state index contributed by atoms with van der Waals surface area (Å²) in [6.07, 6.45) is -1.18. The van der Waals surface area contributed by atoms with Crippen LogP contribution in [0.3, 0.4) is 0 Å². The van der Waals surface area contributed by atoms with E-state index in [1.165, 1.54) is 12.1 Å². The van der Waals surface area contributed by atoms with Crippen molar-refractivity contribution in [3.8, 4) is 0 Å². The van der Waals surface area contributed by atoms with Gasteiger partial charge in [0.15, 0.2) is 0 Å². The van der Waals surface area contributed by atoms with Gasteiger partial charge in [-0.1, -0.05) is 11.6 Å². The van der Waals surface area contributed by atoms with Crippen molar-refractivity contribution in [1.82, 2.24) is 0 Å². The molecule has 1 aromatic carbocycles. The molecule has 104 valence electrons.